The molecule has 3 rings (SSSR count). The Morgan fingerprint density at radius 2 is 2.00 bits per heavy atom. The van der Waals surface area contributed by atoms with Gasteiger partial charge in [0.2, 0.25) is 5.91 Å². The molecule has 1 aromatic rings. The Bertz CT molecular complexity index is 466. The molecule has 108 valence electrons. The first-order valence-corrected chi connectivity index (χ1v) is 7.88. The molecule has 1 unspecified atom stereocenters. The van der Waals surface area contributed by atoms with Crippen molar-refractivity contribution in [2.75, 3.05) is 19.6 Å². The second-order valence-electron chi connectivity index (χ2n) is 6.14. The summed E-state index contributed by atoms with van der Waals surface area (Å²) in [6, 6.07) is 8.57. The monoisotopic (exact) mass is 272 g/mol. The fourth-order valence-corrected chi connectivity index (χ4v) is 3.50. The molecule has 3 heteroatoms. The highest BCUT2D eigenvalue weighted by Gasteiger charge is 2.24. The molecule has 0 aromatic heterocycles. The van der Waals surface area contributed by atoms with E-state index in [0.717, 1.165) is 32.5 Å². The molecule has 0 spiro atoms. The van der Waals surface area contributed by atoms with Crippen molar-refractivity contribution >= 4 is 5.91 Å². The van der Waals surface area contributed by atoms with E-state index in [1.165, 1.54) is 24.0 Å². The van der Waals surface area contributed by atoms with Crippen molar-refractivity contribution in [2.45, 2.75) is 38.0 Å². The second kappa shape index (κ2) is 6.40. The number of nitrogens with one attached hydrogen (secondary N) is 2. The molecule has 2 N–H and O–H groups in total. The minimum atomic E-state index is 0.227. The fraction of sp³-hybridized carbons (Fsp3) is 0.588. The molecule has 2 aliphatic rings. The summed E-state index contributed by atoms with van der Waals surface area (Å²) in [4.78, 5) is 12.1. The van der Waals surface area contributed by atoms with Crippen LogP contribution in [0.2, 0.25) is 0 Å². The number of amides is 1. The fourth-order valence-electron chi connectivity index (χ4n) is 3.50. The normalized spacial score (nSPS) is 22.5. The molecule has 0 saturated carbocycles. The van der Waals surface area contributed by atoms with Gasteiger partial charge in [-0.3, -0.25) is 4.79 Å². The van der Waals surface area contributed by atoms with Crippen LogP contribution in [-0.2, 0) is 11.2 Å². The summed E-state index contributed by atoms with van der Waals surface area (Å²) < 4.78 is 0. The zero-order chi connectivity index (χ0) is 13.8. The molecule has 0 radical (unpaired) electrons. The Balaban J connectivity index is 1.47. The van der Waals surface area contributed by atoms with E-state index in [9.17, 15) is 4.79 Å². The minimum Gasteiger partial charge on any atom is -0.356 e. The van der Waals surface area contributed by atoms with Gasteiger partial charge in [-0.15, -0.1) is 0 Å². The van der Waals surface area contributed by atoms with Crippen LogP contribution >= 0.6 is 0 Å². The van der Waals surface area contributed by atoms with Crippen molar-refractivity contribution in [2.24, 2.45) is 5.92 Å². The van der Waals surface area contributed by atoms with E-state index in [1.54, 1.807) is 0 Å². The zero-order valence-corrected chi connectivity index (χ0v) is 12.0. The molecule has 3 nitrogen and oxygen atoms in total. The highest BCUT2D eigenvalue weighted by atomic mass is 16.1. The maximum Gasteiger partial charge on any atom is 0.220 e. The molecule has 20 heavy (non-hydrogen) atoms. The number of carbonyl (C=O) groups excluding carboxylic acids is 1. The number of hydrogen-bond donors (Lipinski definition) is 2. The number of rotatable bonds is 4. The average Bonchev–Trinajstić information content (AvgIpc) is 2.90. The topological polar surface area (TPSA) is 41.1 Å². The van der Waals surface area contributed by atoms with Gasteiger partial charge in [0.25, 0.3) is 0 Å². The highest BCUT2D eigenvalue weighted by Crippen LogP contribution is 2.35. The third kappa shape index (κ3) is 3.21. The SMILES string of the molecule is O=C(CC1CCc2ccccc21)NCC1CCNCC1. The third-order valence-corrected chi connectivity index (χ3v) is 4.74. The Kier molecular flexibility index (Phi) is 4.36. The summed E-state index contributed by atoms with van der Waals surface area (Å²) in [5, 5.41) is 6.50. The Labute approximate surface area is 121 Å². The maximum atomic E-state index is 12.1. The predicted molar refractivity (Wildman–Crippen MR) is 80.7 cm³/mol. The number of hydrogen-bond acceptors (Lipinski definition) is 2. The first kappa shape index (κ1) is 13.6. The third-order valence-electron chi connectivity index (χ3n) is 4.74. The lowest BCUT2D eigenvalue weighted by molar-refractivity contribution is -0.121. The van der Waals surface area contributed by atoms with Gasteiger partial charge in [0.1, 0.15) is 0 Å². The molecule has 1 aliphatic heterocycles. The van der Waals surface area contributed by atoms with E-state index in [2.05, 4.69) is 34.9 Å². The number of carbonyl (C=O) groups is 1. The van der Waals surface area contributed by atoms with Crippen LogP contribution in [0, 0.1) is 5.92 Å². The van der Waals surface area contributed by atoms with E-state index >= 15 is 0 Å². The van der Waals surface area contributed by atoms with E-state index in [1.807, 2.05) is 0 Å². The van der Waals surface area contributed by atoms with Gasteiger partial charge >= 0.3 is 0 Å². The lowest BCUT2D eigenvalue weighted by Crippen LogP contribution is -2.36. The van der Waals surface area contributed by atoms with Crippen LogP contribution in [0.5, 0.6) is 0 Å². The van der Waals surface area contributed by atoms with Crippen LogP contribution in [0.4, 0.5) is 0 Å². The summed E-state index contributed by atoms with van der Waals surface area (Å²) in [6.07, 6.45) is 5.28. The molecular weight excluding hydrogens is 248 g/mol. The lowest BCUT2D eigenvalue weighted by Gasteiger charge is -2.23. The van der Waals surface area contributed by atoms with Gasteiger partial charge in [-0.1, -0.05) is 24.3 Å². The Morgan fingerprint density at radius 1 is 1.20 bits per heavy atom. The molecular formula is C17H24N2O. The second-order valence-corrected chi connectivity index (χ2v) is 6.14. The van der Waals surface area contributed by atoms with Gasteiger partial charge in [0.15, 0.2) is 0 Å². The largest absolute Gasteiger partial charge is 0.356 e. The number of aryl methyl sites for hydroxylation is 1. The Hall–Kier alpha value is -1.35. The van der Waals surface area contributed by atoms with Crippen molar-refractivity contribution in [1.29, 1.82) is 0 Å². The van der Waals surface area contributed by atoms with Gasteiger partial charge in [-0.2, -0.15) is 0 Å². The van der Waals surface area contributed by atoms with Crippen molar-refractivity contribution in [3.05, 3.63) is 35.4 Å². The predicted octanol–water partition coefficient (Wildman–Crippen LogP) is 2.22. The van der Waals surface area contributed by atoms with Crippen LogP contribution in [0.15, 0.2) is 24.3 Å². The summed E-state index contributed by atoms with van der Waals surface area (Å²) in [5.74, 6) is 1.32. The maximum absolute atomic E-state index is 12.1. The van der Waals surface area contributed by atoms with E-state index in [4.69, 9.17) is 0 Å². The molecule has 1 amide bonds. The summed E-state index contributed by atoms with van der Waals surface area (Å²) in [7, 11) is 0. The number of benzene rings is 1. The molecule has 1 atom stereocenters. The molecule has 1 aromatic carbocycles. The van der Waals surface area contributed by atoms with Gasteiger partial charge < -0.3 is 10.6 Å². The first-order chi connectivity index (χ1) is 9.83. The standard InChI is InChI=1S/C17H24N2O/c20-17(19-12-13-7-9-18-10-8-13)11-15-6-5-14-3-1-2-4-16(14)15/h1-4,13,15,18H,5-12H2,(H,19,20). The smallest absolute Gasteiger partial charge is 0.220 e. The molecule has 1 heterocycles. The van der Waals surface area contributed by atoms with Crippen molar-refractivity contribution in [1.82, 2.24) is 10.6 Å². The van der Waals surface area contributed by atoms with E-state index in [0.29, 0.717) is 18.3 Å². The van der Waals surface area contributed by atoms with Crippen molar-refractivity contribution < 1.29 is 4.79 Å². The van der Waals surface area contributed by atoms with Crippen LogP contribution in [-0.4, -0.2) is 25.5 Å². The minimum absolute atomic E-state index is 0.227. The highest BCUT2D eigenvalue weighted by molar-refractivity contribution is 5.77. The van der Waals surface area contributed by atoms with E-state index in [-0.39, 0.29) is 5.91 Å². The summed E-state index contributed by atoms with van der Waals surface area (Å²) in [5.41, 5.74) is 2.83. The quantitative estimate of drug-likeness (QED) is 0.882. The Morgan fingerprint density at radius 3 is 2.85 bits per heavy atom. The summed E-state index contributed by atoms with van der Waals surface area (Å²) >= 11 is 0. The molecule has 1 fully saturated rings. The van der Waals surface area contributed by atoms with Gasteiger partial charge in [0, 0.05) is 13.0 Å². The van der Waals surface area contributed by atoms with Crippen LogP contribution in [0.25, 0.3) is 0 Å². The van der Waals surface area contributed by atoms with Crippen LogP contribution < -0.4 is 10.6 Å². The number of piperidine rings is 1. The van der Waals surface area contributed by atoms with Crippen molar-refractivity contribution in [3.8, 4) is 0 Å². The first-order valence-electron chi connectivity index (χ1n) is 7.88. The van der Waals surface area contributed by atoms with Gasteiger partial charge in [-0.05, 0) is 61.7 Å². The van der Waals surface area contributed by atoms with Gasteiger partial charge in [-0.25, -0.2) is 0 Å². The van der Waals surface area contributed by atoms with Crippen LogP contribution in [0.1, 0.15) is 42.7 Å². The number of fused-ring (bicyclic) bond motifs is 1. The molecule has 1 aliphatic carbocycles. The average molecular weight is 272 g/mol. The van der Waals surface area contributed by atoms with Crippen molar-refractivity contribution in [3.63, 3.8) is 0 Å². The van der Waals surface area contributed by atoms with Crippen LogP contribution in [0.3, 0.4) is 0 Å². The summed E-state index contributed by atoms with van der Waals surface area (Å²) in [6.45, 7) is 3.04. The lowest BCUT2D eigenvalue weighted by atomic mass is 9.96. The molecule has 0 bridgehead atoms. The van der Waals surface area contributed by atoms with E-state index < -0.39 is 0 Å². The molecule has 1 saturated heterocycles. The zero-order valence-electron chi connectivity index (χ0n) is 12.0. The van der Waals surface area contributed by atoms with Gasteiger partial charge in [0.05, 0.1) is 0 Å².